The number of oxazole rings is 1. The maximum Gasteiger partial charge on any atom is 0.326 e. The highest BCUT2D eigenvalue weighted by atomic mass is 16.4. The molecule has 1 aromatic rings. The number of carbonyl (C=O) groups excluding carboxylic acids is 1. The Kier molecular flexibility index (Phi) is 5.35. The van der Waals surface area contributed by atoms with E-state index in [0.29, 0.717) is 18.6 Å². The molecule has 0 spiro atoms. The van der Waals surface area contributed by atoms with Gasteiger partial charge in [0.15, 0.2) is 12.1 Å². The van der Waals surface area contributed by atoms with Gasteiger partial charge in [-0.05, 0) is 6.42 Å². The minimum atomic E-state index is -1.03. The second-order valence-electron chi connectivity index (χ2n) is 3.98. The van der Waals surface area contributed by atoms with Crippen molar-refractivity contribution >= 4 is 11.9 Å². The van der Waals surface area contributed by atoms with E-state index in [9.17, 15) is 9.59 Å². The third-order valence-corrected chi connectivity index (χ3v) is 2.63. The Morgan fingerprint density at radius 1 is 1.50 bits per heavy atom. The fraction of sp³-hybridized carbons (Fsp3) is 0.583. The lowest BCUT2D eigenvalue weighted by atomic mass is 10.1. The molecular weight excluding hydrogens is 236 g/mol. The van der Waals surface area contributed by atoms with Crippen molar-refractivity contribution in [1.82, 2.24) is 10.3 Å². The number of nitrogens with zero attached hydrogens (tertiary/aromatic N) is 1. The van der Waals surface area contributed by atoms with Gasteiger partial charge in [0.05, 0.1) is 0 Å². The van der Waals surface area contributed by atoms with Crippen molar-refractivity contribution in [2.75, 3.05) is 0 Å². The molecule has 0 saturated carbocycles. The highest BCUT2D eigenvalue weighted by Gasteiger charge is 2.23. The molecule has 2 N–H and O–H groups in total. The topological polar surface area (TPSA) is 92.4 Å². The van der Waals surface area contributed by atoms with Gasteiger partial charge in [-0.3, -0.25) is 4.79 Å². The Labute approximate surface area is 105 Å². The number of carbonyl (C=O) groups is 2. The van der Waals surface area contributed by atoms with Crippen molar-refractivity contribution in [1.29, 1.82) is 0 Å². The molecule has 1 aromatic heterocycles. The molecule has 6 heteroatoms. The number of hydrogen-bond acceptors (Lipinski definition) is 4. The van der Waals surface area contributed by atoms with E-state index in [0.717, 1.165) is 12.8 Å². The van der Waals surface area contributed by atoms with Crippen LogP contribution >= 0.6 is 0 Å². The predicted octanol–water partition coefficient (Wildman–Crippen LogP) is 1.61. The summed E-state index contributed by atoms with van der Waals surface area (Å²) in [5.74, 6) is -1.06. The second kappa shape index (κ2) is 6.78. The van der Waals surface area contributed by atoms with E-state index in [1.807, 2.05) is 13.8 Å². The highest BCUT2D eigenvalue weighted by molar-refractivity contribution is 5.95. The highest BCUT2D eigenvalue weighted by Crippen LogP contribution is 2.09. The van der Waals surface area contributed by atoms with Gasteiger partial charge >= 0.3 is 5.97 Å². The first-order valence-corrected chi connectivity index (χ1v) is 6.06. The van der Waals surface area contributed by atoms with E-state index in [4.69, 9.17) is 9.52 Å². The lowest BCUT2D eigenvalue weighted by Gasteiger charge is -2.13. The number of aliphatic carboxylic acids is 1. The summed E-state index contributed by atoms with van der Waals surface area (Å²) in [7, 11) is 0. The van der Waals surface area contributed by atoms with Crippen molar-refractivity contribution in [2.24, 2.45) is 0 Å². The zero-order valence-electron chi connectivity index (χ0n) is 10.6. The molecule has 1 rings (SSSR count). The lowest BCUT2D eigenvalue weighted by Crippen LogP contribution is -2.41. The molecule has 0 radical (unpaired) electrons. The van der Waals surface area contributed by atoms with Crippen LogP contribution in [0.3, 0.4) is 0 Å². The number of carboxylic acids is 1. The lowest BCUT2D eigenvalue weighted by molar-refractivity contribution is -0.139. The van der Waals surface area contributed by atoms with Crippen LogP contribution in [0.1, 0.15) is 49.4 Å². The van der Waals surface area contributed by atoms with Gasteiger partial charge in [-0.15, -0.1) is 0 Å². The predicted molar refractivity (Wildman–Crippen MR) is 64.3 cm³/mol. The van der Waals surface area contributed by atoms with Crippen LogP contribution in [0.4, 0.5) is 0 Å². The third-order valence-electron chi connectivity index (χ3n) is 2.63. The smallest absolute Gasteiger partial charge is 0.326 e. The SMILES string of the molecule is CCCC[C@H](NC(=O)c1ncoc1CC)C(=O)O. The molecule has 1 atom stereocenters. The largest absolute Gasteiger partial charge is 0.480 e. The van der Waals surface area contributed by atoms with Gasteiger partial charge < -0.3 is 14.8 Å². The molecule has 1 heterocycles. The maximum atomic E-state index is 11.9. The van der Waals surface area contributed by atoms with Crippen LogP contribution in [-0.4, -0.2) is 28.0 Å². The average Bonchev–Trinajstić information content (AvgIpc) is 2.82. The molecule has 0 saturated heterocycles. The summed E-state index contributed by atoms with van der Waals surface area (Å²) in [6.07, 6.45) is 3.77. The van der Waals surface area contributed by atoms with Crippen LogP contribution in [0.25, 0.3) is 0 Å². The summed E-state index contributed by atoms with van der Waals surface area (Å²) in [6, 6.07) is -0.876. The van der Waals surface area contributed by atoms with Crippen molar-refractivity contribution in [3.05, 3.63) is 17.8 Å². The van der Waals surface area contributed by atoms with Crippen LogP contribution in [0.5, 0.6) is 0 Å². The van der Waals surface area contributed by atoms with Gasteiger partial charge in [-0.1, -0.05) is 26.7 Å². The normalized spacial score (nSPS) is 12.1. The monoisotopic (exact) mass is 254 g/mol. The summed E-state index contributed by atoms with van der Waals surface area (Å²) in [4.78, 5) is 26.7. The summed E-state index contributed by atoms with van der Waals surface area (Å²) >= 11 is 0. The number of rotatable bonds is 7. The molecule has 0 unspecified atom stereocenters. The van der Waals surface area contributed by atoms with Gasteiger partial charge in [0.2, 0.25) is 0 Å². The van der Waals surface area contributed by atoms with E-state index in [2.05, 4.69) is 10.3 Å². The molecule has 0 aromatic carbocycles. The molecular formula is C12H18N2O4. The fourth-order valence-electron chi connectivity index (χ4n) is 1.60. The first-order chi connectivity index (χ1) is 8.60. The Bertz CT molecular complexity index is 414. The van der Waals surface area contributed by atoms with Gasteiger partial charge in [0.25, 0.3) is 5.91 Å². The number of carboxylic acid groups (broad SMARTS) is 1. The summed E-state index contributed by atoms with van der Waals surface area (Å²) in [5, 5.41) is 11.5. The molecule has 0 aliphatic rings. The number of unbranched alkanes of at least 4 members (excludes halogenated alkanes) is 1. The molecule has 0 fully saturated rings. The van der Waals surface area contributed by atoms with Crippen molar-refractivity contribution in [3.8, 4) is 0 Å². The Morgan fingerprint density at radius 2 is 2.22 bits per heavy atom. The van der Waals surface area contributed by atoms with Gasteiger partial charge in [0, 0.05) is 6.42 Å². The molecule has 0 aliphatic heterocycles. The summed E-state index contributed by atoms with van der Waals surface area (Å²) in [6.45, 7) is 3.80. The fourth-order valence-corrected chi connectivity index (χ4v) is 1.60. The van der Waals surface area contributed by atoms with Crippen LogP contribution in [-0.2, 0) is 11.2 Å². The molecule has 0 bridgehead atoms. The van der Waals surface area contributed by atoms with Crippen LogP contribution in [0.15, 0.2) is 10.8 Å². The number of aryl methyl sites for hydroxylation is 1. The third kappa shape index (κ3) is 3.58. The number of aromatic nitrogens is 1. The Morgan fingerprint density at radius 3 is 2.78 bits per heavy atom. The van der Waals surface area contributed by atoms with Crippen LogP contribution in [0, 0.1) is 0 Å². The standard InChI is InChI=1S/C12H18N2O4/c1-3-5-6-8(12(16)17)14-11(15)10-9(4-2)18-7-13-10/h7-8H,3-6H2,1-2H3,(H,14,15)(H,16,17)/t8-/m0/s1. The molecule has 100 valence electrons. The van der Waals surface area contributed by atoms with E-state index in [1.165, 1.54) is 6.39 Å². The number of hydrogen-bond donors (Lipinski definition) is 2. The number of nitrogens with one attached hydrogen (secondary N) is 1. The van der Waals surface area contributed by atoms with Crippen LogP contribution < -0.4 is 5.32 Å². The average molecular weight is 254 g/mol. The zero-order chi connectivity index (χ0) is 13.5. The first kappa shape index (κ1) is 14.2. The summed E-state index contributed by atoms with van der Waals surface area (Å²) in [5.41, 5.74) is 0.167. The minimum absolute atomic E-state index is 0.167. The zero-order valence-corrected chi connectivity index (χ0v) is 10.6. The molecule has 6 nitrogen and oxygen atoms in total. The van der Waals surface area contributed by atoms with Crippen LogP contribution in [0.2, 0.25) is 0 Å². The van der Waals surface area contributed by atoms with E-state index in [1.54, 1.807) is 0 Å². The maximum absolute atomic E-state index is 11.9. The van der Waals surface area contributed by atoms with Gasteiger partial charge in [-0.25, -0.2) is 9.78 Å². The molecule has 0 aliphatic carbocycles. The first-order valence-electron chi connectivity index (χ1n) is 6.06. The van der Waals surface area contributed by atoms with Gasteiger partial charge in [0.1, 0.15) is 11.8 Å². The van der Waals surface area contributed by atoms with Crippen molar-refractivity contribution < 1.29 is 19.1 Å². The van der Waals surface area contributed by atoms with E-state index >= 15 is 0 Å². The minimum Gasteiger partial charge on any atom is -0.480 e. The van der Waals surface area contributed by atoms with Crippen molar-refractivity contribution in [3.63, 3.8) is 0 Å². The quantitative estimate of drug-likeness (QED) is 0.771. The number of amides is 1. The Balaban J connectivity index is 2.69. The van der Waals surface area contributed by atoms with E-state index < -0.39 is 17.9 Å². The summed E-state index contributed by atoms with van der Waals surface area (Å²) < 4.78 is 5.04. The van der Waals surface area contributed by atoms with E-state index in [-0.39, 0.29) is 5.69 Å². The second-order valence-corrected chi connectivity index (χ2v) is 3.98. The Hall–Kier alpha value is -1.85. The van der Waals surface area contributed by atoms with Crippen molar-refractivity contribution in [2.45, 2.75) is 45.6 Å². The molecule has 18 heavy (non-hydrogen) atoms. The van der Waals surface area contributed by atoms with Gasteiger partial charge in [-0.2, -0.15) is 0 Å². The molecule has 1 amide bonds.